The van der Waals surface area contributed by atoms with Gasteiger partial charge in [0.1, 0.15) is 0 Å². The van der Waals surface area contributed by atoms with Crippen molar-refractivity contribution in [1.82, 2.24) is 0 Å². The van der Waals surface area contributed by atoms with Crippen molar-refractivity contribution >= 4 is 15.7 Å². The fourth-order valence-corrected chi connectivity index (χ4v) is 3.80. The van der Waals surface area contributed by atoms with Crippen LogP contribution in [0.1, 0.15) is 30.5 Å². The molecule has 2 aromatic carbocycles. The summed E-state index contributed by atoms with van der Waals surface area (Å²) in [6.45, 7) is 6.52. The third-order valence-electron chi connectivity index (χ3n) is 4.03. The van der Waals surface area contributed by atoms with Crippen molar-refractivity contribution < 1.29 is 13.2 Å². The summed E-state index contributed by atoms with van der Waals surface area (Å²) in [7, 11) is -3.59. The Labute approximate surface area is 137 Å². The lowest BCUT2D eigenvalue weighted by Crippen LogP contribution is -2.32. The molecule has 5 heteroatoms. The molecule has 0 fully saturated rings. The number of benzene rings is 2. The van der Waals surface area contributed by atoms with Gasteiger partial charge >= 0.3 is 0 Å². The zero-order valence-corrected chi connectivity index (χ0v) is 14.4. The lowest BCUT2D eigenvalue weighted by Gasteiger charge is -2.32. The van der Waals surface area contributed by atoms with Crippen molar-refractivity contribution in [3.05, 3.63) is 59.2 Å². The number of hydrogen-bond donors (Lipinski definition) is 1. The average molecular weight is 331 g/mol. The first-order chi connectivity index (χ1) is 10.8. The van der Waals surface area contributed by atoms with Crippen LogP contribution in [0.15, 0.2) is 47.4 Å². The van der Waals surface area contributed by atoms with Crippen LogP contribution >= 0.6 is 0 Å². The summed E-state index contributed by atoms with van der Waals surface area (Å²) in [5, 5.41) is 0. The van der Waals surface area contributed by atoms with Gasteiger partial charge in [0.25, 0.3) is 10.0 Å². The molecule has 0 saturated heterocycles. The largest absolute Gasteiger partial charge is 0.371 e. The molecule has 23 heavy (non-hydrogen) atoms. The van der Waals surface area contributed by atoms with Crippen LogP contribution in [0.3, 0.4) is 0 Å². The van der Waals surface area contributed by atoms with Gasteiger partial charge in [-0.15, -0.1) is 0 Å². The Hall–Kier alpha value is -1.85. The molecular formula is C18H21NO3S. The summed E-state index contributed by atoms with van der Waals surface area (Å²) in [4.78, 5) is 0.287. The number of hydrogen-bond acceptors (Lipinski definition) is 3. The molecule has 0 radical (unpaired) electrons. The highest BCUT2D eigenvalue weighted by molar-refractivity contribution is 7.92. The maximum absolute atomic E-state index is 12.6. The predicted octanol–water partition coefficient (Wildman–Crippen LogP) is 3.65. The molecule has 1 aliphatic heterocycles. The highest BCUT2D eigenvalue weighted by Gasteiger charge is 2.27. The lowest BCUT2D eigenvalue weighted by molar-refractivity contribution is -0.0401. The molecule has 1 N–H and O–H groups in total. The number of sulfonamides is 1. The monoisotopic (exact) mass is 331 g/mol. The molecule has 4 nitrogen and oxygen atoms in total. The van der Waals surface area contributed by atoms with Crippen molar-refractivity contribution in [3.8, 4) is 0 Å². The minimum atomic E-state index is -3.59. The van der Waals surface area contributed by atoms with E-state index in [2.05, 4.69) is 4.72 Å². The third kappa shape index (κ3) is 3.57. The summed E-state index contributed by atoms with van der Waals surface area (Å²) in [6, 6.07) is 12.5. The normalized spacial score (nSPS) is 16.7. The number of rotatable bonds is 3. The molecule has 0 bridgehead atoms. The van der Waals surface area contributed by atoms with E-state index in [0.717, 1.165) is 16.7 Å². The van der Waals surface area contributed by atoms with E-state index in [1.165, 1.54) is 0 Å². The molecule has 122 valence electrons. The van der Waals surface area contributed by atoms with Gasteiger partial charge in [-0.1, -0.05) is 23.8 Å². The van der Waals surface area contributed by atoms with Crippen molar-refractivity contribution in [2.24, 2.45) is 0 Å². The van der Waals surface area contributed by atoms with E-state index in [9.17, 15) is 8.42 Å². The molecule has 3 rings (SSSR count). The van der Waals surface area contributed by atoms with Crippen LogP contribution in [0.2, 0.25) is 0 Å². The summed E-state index contributed by atoms with van der Waals surface area (Å²) in [5.41, 5.74) is 3.48. The first-order valence-corrected chi connectivity index (χ1v) is 9.09. The molecule has 1 aliphatic rings. The van der Waals surface area contributed by atoms with Crippen molar-refractivity contribution in [2.75, 3.05) is 4.72 Å². The van der Waals surface area contributed by atoms with Gasteiger partial charge in [-0.05, 0) is 56.2 Å². The van der Waals surface area contributed by atoms with E-state index in [4.69, 9.17) is 4.74 Å². The van der Waals surface area contributed by atoms with Gasteiger partial charge in [-0.25, -0.2) is 8.42 Å². The SMILES string of the molecule is Cc1ccc(NS(=O)(=O)c2ccc3c(c2)CC(C)(C)OC3)cc1. The Morgan fingerprint density at radius 3 is 2.43 bits per heavy atom. The second-order valence-corrected chi connectivity index (χ2v) is 8.31. The number of ether oxygens (including phenoxy) is 1. The maximum atomic E-state index is 12.6. The molecule has 2 aromatic rings. The van der Waals surface area contributed by atoms with E-state index in [1.54, 1.807) is 24.3 Å². The van der Waals surface area contributed by atoms with Gasteiger partial charge in [0.2, 0.25) is 0 Å². The summed E-state index contributed by atoms with van der Waals surface area (Å²) < 4.78 is 33.6. The molecule has 0 spiro atoms. The standard InChI is InChI=1S/C18H21NO3S/c1-13-4-7-16(8-5-13)19-23(20,21)17-9-6-14-12-22-18(2,3)11-15(14)10-17/h4-10,19H,11-12H2,1-3H3. The summed E-state index contributed by atoms with van der Waals surface area (Å²) in [6.07, 6.45) is 0.705. The van der Waals surface area contributed by atoms with Gasteiger partial charge < -0.3 is 4.74 Å². The third-order valence-corrected chi connectivity index (χ3v) is 5.41. The van der Waals surface area contributed by atoms with E-state index in [1.807, 2.05) is 39.0 Å². The van der Waals surface area contributed by atoms with E-state index in [-0.39, 0.29) is 10.5 Å². The Morgan fingerprint density at radius 1 is 1.04 bits per heavy atom. The predicted molar refractivity (Wildman–Crippen MR) is 91.0 cm³/mol. The van der Waals surface area contributed by atoms with Crippen LogP contribution < -0.4 is 4.72 Å². The van der Waals surface area contributed by atoms with Gasteiger partial charge in [-0.3, -0.25) is 4.72 Å². The van der Waals surface area contributed by atoms with Crippen molar-refractivity contribution in [2.45, 2.75) is 44.3 Å². The van der Waals surface area contributed by atoms with Gasteiger partial charge in [0.05, 0.1) is 17.1 Å². The highest BCUT2D eigenvalue weighted by Crippen LogP contribution is 2.29. The van der Waals surface area contributed by atoms with Gasteiger partial charge in [0, 0.05) is 12.1 Å². The number of anilines is 1. The van der Waals surface area contributed by atoms with E-state index >= 15 is 0 Å². The molecule has 0 amide bonds. The zero-order valence-electron chi connectivity index (χ0n) is 13.6. The quantitative estimate of drug-likeness (QED) is 0.934. The fraction of sp³-hybridized carbons (Fsp3) is 0.333. The Morgan fingerprint density at radius 2 is 1.74 bits per heavy atom. The second-order valence-electron chi connectivity index (χ2n) is 6.63. The Bertz CT molecular complexity index is 824. The highest BCUT2D eigenvalue weighted by atomic mass is 32.2. The van der Waals surface area contributed by atoms with Crippen LogP contribution in [-0.4, -0.2) is 14.0 Å². The smallest absolute Gasteiger partial charge is 0.261 e. The molecule has 0 aliphatic carbocycles. The van der Waals surface area contributed by atoms with Crippen molar-refractivity contribution in [3.63, 3.8) is 0 Å². The molecule has 0 atom stereocenters. The Balaban J connectivity index is 1.90. The maximum Gasteiger partial charge on any atom is 0.261 e. The van der Waals surface area contributed by atoms with E-state index < -0.39 is 10.0 Å². The number of aryl methyl sites for hydroxylation is 1. The van der Waals surface area contributed by atoms with Crippen LogP contribution in [0.25, 0.3) is 0 Å². The second kappa shape index (κ2) is 5.65. The minimum Gasteiger partial charge on any atom is -0.371 e. The average Bonchev–Trinajstić information content (AvgIpc) is 2.48. The summed E-state index contributed by atoms with van der Waals surface area (Å²) >= 11 is 0. The fourth-order valence-electron chi connectivity index (χ4n) is 2.69. The number of nitrogens with one attached hydrogen (secondary N) is 1. The van der Waals surface area contributed by atoms with Crippen LogP contribution in [-0.2, 0) is 27.8 Å². The molecular weight excluding hydrogens is 310 g/mol. The minimum absolute atomic E-state index is 0.264. The van der Waals surface area contributed by atoms with Gasteiger partial charge in [0.15, 0.2) is 0 Å². The number of fused-ring (bicyclic) bond motifs is 1. The van der Waals surface area contributed by atoms with Crippen molar-refractivity contribution in [1.29, 1.82) is 0 Å². The molecule has 0 saturated carbocycles. The zero-order chi connectivity index (χ0) is 16.7. The topological polar surface area (TPSA) is 55.4 Å². The molecule has 0 aromatic heterocycles. The van der Waals surface area contributed by atoms with Crippen LogP contribution in [0.4, 0.5) is 5.69 Å². The lowest BCUT2D eigenvalue weighted by atomic mass is 9.92. The first kappa shape index (κ1) is 16.0. The van der Waals surface area contributed by atoms with Crippen LogP contribution in [0, 0.1) is 6.92 Å². The molecule has 0 unspecified atom stereocenters. The summed E-state index contributed by atoms with van der Waals surface area (Å²) in [5.74, 6) is 0. The van der Waals surface area contributed by atoms with E-state index in [0.29, 0.717) is 18.7 Å². The molecule has 1 heterocycles. The van der Waals surface area contributed by atoms with Gasteiger partial charge in [-0.2, -0.15) is 0 Å². The van der Waals surface area contributed by atoms with Crippen LogP contribution in [0.5, 0.6) is 0 Å². The Kier molecular flexibility index (Phi) is 3.94. The first-order valence-electron chi connectivity index (χ1n) is 7.60.